The number of para-hydroxylation sites is 1. The molecule has 0 spiro atoms. The lowest BCUT2D eigenvalue weighted by Gasteiger charge is -2.26. The van der Waals surface area contributed by atoms with E-state index in [0.29, 0.717) is 17.6 Å². The van der Waals surface area contributed by atoms with Gasteiger partial charge in [0, 0.05) is 5.92 Å². The molecule has 2 N–H and O–H groups in total. The minimum atomic E-state index is -1.41. The third kappa shape index (κ3) is 3.24. The van der Waals surface area contributed by atoms with E-state index in [4.69, 9.17) is 4.74 Å². The maximum atomic E-state index is 12.2. The summed E-state index contributed by atoms with van der Waals surface area (Å²) >= 11 is 0. The van der Waals surface area contributed by atoms with Crippen molar-refractivity contribution in [2.45, 2.75) is 31.7 Å². The van der Waals surface area contributed by atoms with Gasteiger partial charge in [0.2, 0.25) is 5.91 Å². The van der Waals surface area contributed by atoms with Crippen LogP contribution in [0, 0.1) is 17.8 Å². The number of ether oxygens (including phenoxy) is 1. The smallest absolute Gasteiger partial charge is 0.332 e. The van der Waals surface area contributed by atoms with Crippen molar-refractivity contribution in [1.82, 2.24) is 5.32 Å². The van der Waals surface area contributed by atoms with E-state index >= 15 is 0 Å². The highest BCUT2D eigenvalue weighted by atomic mass is 16.5. The van der Waals surface area contributed by atoms with E-state index < -0.39 is 11.5 Å². The number of hydrogen-bond donors (Lipinski definition) is 2. The Morgan fingerprint density at radius 1 is 1.32 bits per heavy atom. The molecule has 0 saturated heterocycles. The summed E-state index contributed by atoms with van der Waals surface area (Å²) in [6.45, 7) is 1.39. The van der Waals surface area contributed by atoms with E-state index in [9.17, 15) is 14.7 Å². The third-order valence-corrected chi connectivity index (χ3v) is 4.55. The average molecular weight is 303 g/mol. The van der Waals surface area contributed by atoms with Gasteiger partial charge in [-0.05, 0) is 50.2 Å². The van der Waals surface area contributed by atoms with Gasteiger partial charge in [-0.25, -0.2) is 4.79 Å². The average Bonchev–Trinajstić information content (AvgIpc) is 3.38. The fourth-order valence-corrected chi connectivity index (χ4v) is 2.82. The number of carbonyl (C=O) groups is 2. The lowest BCUT2D eigenvalue weighted by molar-refractivity contribution is -0.148. The first-order valence-corrected chi connectivity index (χ1v) is 7.73. The predicted octanol–water partition coefficient (Wildman–Crippen LogP) is 2.07. The van der Waals surface area contributed by atoms with E-state index in [1.54, 1.807) is 12.1 Å². The van der Waals surface area contributed by atoms with Crippen molar-refractivity contribution in [2.24, 2.45) is 17.8 Å². The summed E-state index contributed by atoms with van der Waals surface area (Å²) in [6, 6.07) is 9.01. The normalized spacial score (nSPS) is 25.9. The summed E-state index contributed by atoms with van der Waals surface area (Å²) in [6.07, 6.45) is 3.31. The monoisotopic (exact) mass is 303 g/mol. The van der Waals surface area contributed by atoms with Gasteiger partial charge in [-0.15, -0.1) is 0 Å². The molecule has 3 atom stereocenters. The fourth-order valence-electron chi connectivity index (χ4n) is 2.82. The molecule has 0 aliphatic heterocycles. The van der Waals surface area contributed by atoms with Crippen LogP contribution >= 0.6 is 0 Å². The van der Waals surface area contributed by atoms with Crippen LogP contribution < -0.4 is 10.1 Å². The summed E-state index contributed by atoms with van der Waals surface area (Å²) < 4.78 is 5.52. The minimum Gasteiger partial charge on any atom is -0.491 e. The number of benzene rings is 1. The van der Waals surface area contributed by atoms with E-state index in [1.165, 1.54) is 19.8 Å². The fraction of sp³-hybridized carbons (Fsp3) is 0.529. The predicted molar refractivity (Wildman–Crippen MR) is 80.4 cm³/mol. The van der Waals surface area contributed by atoms with E-state index in [-0.39, 0.29) is 18.4 Å². The molecule has 2 saturated carbocycles. The van der Waals surface area contributed by atoms with Gasteiger partial charge in [0.25, 0.3) is 0 Å². The number of carbonyl (C=O) groups excluding carboxylic acids is 1. The molecule has 2 aliphatic rings. The number of amides is 1. The maximum absolute atomic E-state index is 12.2. The summed E-state index contributed by atoms with van der Waals surface area (Å²) in [5.41, 5.74) is -1.41. The lowest BCUT2D eigenvalue weighted by Crippen LogP contribution is -2.56. The molecule has 22 heavy (non-hydrogen) atoms. The van der Waals surface area contributed by atoms with E-state index in [2.05, 4.69) is 5.32 Å². The van der Waals surface area contributed by atoms with Crippen molar-refractivity contribution in [3.63, 3.8) is 0 Å². The zero-order valence-corrected chi connectivity index (χ0v) is 12.6. The standard InChI is InChI=1S/C17H21NO4/c1-17(16(20)21,10-22-12-5-3-2-4-6-12)18-15(19)14-9-13(14)11-7-8-11/h2-6,11,13-14H,7-10H2,1H3,(H,18,19)(H,20,21). The van der Waals surface area contributed by atoms with Gasteiger partial charge < -0.3 is 15.2 Å². The van der Waals surface area contributed by atoms with Crippen molar-refractivity contribution in [2.75, 3.05) is 6.61 Å². The molecule has 0 aromatic heterocycles. The Morgan fingerprint density at radius 3 is 2.59 bits per heavy atom. The number of carboxylic acids is 1. The second-order valence-corrected chi connectivity index (χ2v) is 6.57. The van der Waals surface area contributed by atoms with Crippen molar-refractivity contribution in [1.29, 1.82) is 0 Å². The molecule has 0 heterocycles. The van der Waals surface area contributed by atoms with Crippen LogP contribution in [-0.4, -0.2) is 29.1 Å². The molecule has 1 aromatic rings. The number of rotatable bonds is 7. The third-order valence-electron chi connectivity index (χ3n) is 4.55. The number of nitrogens with one attached hydrogen (secondary N) is 1. The molecule has 0 radical (unpaired) electrons. The molecule has 5 nitrogen and oxygen atoms in total. The number of carboxylic acid groups (broad SMARTS) is 1. The second kappa shape index (κ2) is 5.63. The van der Waals surface area contributed by atoms with E-state index in [0.717, 1.165) is 6.42 Å². The van der Waals surface area contributed by atoms with Crippen LogP contribution in [0.5, 0.6) is 5.75 Å². The van der Waals surface area contributed by atoms with Crippen LogP contribution in [0.2, 0.25) is 0 Å². The first-order chi connectivity index (χ1) is 10.5. The molecule has 2 fully saturated rings. The van der Waals surface area contributed by atoms with Gasteiger partial charge >= 0.3 is 5.97 Å². The number of hydrogen-bond acceptors (Lipinski definition) is 3. The zero-order valence-electron chi connectivity index (χ0n) is 12.6. The van der Waals surface area contributed by atoms with Gasteiger partial charge in [0.05, 0.1) is 0 Å². The Balaban J connectivity index is 1.58. The molecule has 3 rings (SSSR count). The second-order valence-electron chi connectivity index (χ2n) is 6.57. The van der Waals surface area contributed by atoms with Crippen LogP contribution in [0.3, 0.4) is 0 Å². The van der Waals surface area contributed by atoms with Crippen LogP contribution in [0.4, 0.5) is 0 Å². The Kier molecular flexibility index (Phi) is 3.81. The Morgan fingerprint density at radius 2 is 2.00 bits per heavy atom. The van der Waals surface area contributed by atoms with Gasteiger partial charge in [0.1, 0.15) is 12.4 Å². The van der Waals surface area contributed by atoms with Crippen LogP contribution in [0.1, 0.15) is 26.2 Å². The summed E-state index contributed by atoms with van der Waals surface area (Å²) in [5.74, 6) is 0.494. The summed E-state index contributed by atoms with van der Waals surface area (Å²) in [7, 11) is 0. The van der Waals surface area contributed by atoms with Crippen LogP contribution in [0.15, 0.2) is 30.3 Å². The molecular weight excluding hydrogens is 282 g/mol. The molecule has 5 heteroatoms. The highest BCUT2D eigenvalue weighted by Crippen LogP contribution is 2.54. The van der Waals surface area contributed by atoms with Crippen molar-refractivity contribution in [3.8, 4) is 5.75 Å². The van der Waals surface area contributed by atoms with Crippen molar-refractivity contribution in [3.05, 3.63) is 30.3 Å². The first kappa shape index (κ1) is 14.9. The largest absolute Gasteiger partial charge is 0.491 e. The Hall–Kier alpha value is -2.04. The number of aliphatic carboxylic acids is 1. The van der Waals surface area contributed by atoms with E-state index in [1.807, 2.05) is 18.2 Å². The molecule has 118 valence electrons. The lowest BCUT2D eigenvalue weighted by atomic mass is 10.0. The highest BCUT2D eigenvalue weighted by molar-refractivity contribution is 5.89. The van der Waals surface area contributed by atoms with Crippen LogP contribution in [0.25, 0.3) is 0 Å². The van der Waals surface area contributed by atoms with Gasteiger partial charge in [0.15, 0.2) is 5.54 Å². The topological polar surface area (TPSA) is 75.6 Å². The van der Waals surface area contributed by atoms with Gasteiger partial charge in [-0.1, -0.05) is 18.2 Å². The zero-order chi connectivity index (χ0) is 15.7. The molecule has 1 aromatic carbocycles. The van der Waals surface area contributed by atoms with Crippen molar-refractivity contribution >= 4 is 11.9 Å². The quantitative estimate of drug-likeness (QED) is 0.808. The van der Waals surface area contributed by atoms with Gasteiger partial charge in [-0.2, -0.15) is 0 Å². The molecular formula is C17H21NO4. The maximum Gasteiger partial charge on any atom is 0.332 e. The molecule has 3 unspecified atom stereocenters. The summed E-state index contributed by atoms with van der Waals surface area (Å²) in [4.78, 5) is 23.8. The molecule has 2 aliphatic carbocycles. The molecule has 0 bridgehead atoms. The Bertz CT molecular complexity index is 569. The van der Waals surface area contributed by atoms with Gasteiger partial charge in [-0.3, -0.25) is 4.79 Å². The first-order valence-electron chi connectivity index (χ1n) is 7.73. The Labute approximate surface area is 129 Å². The molecule has 1 amide bonds. The minimum absolute atomic E-state index is 0.0112. The summed E-state index contributed by atoms with van der Waals surface area (Å²) in [5, 5.41) is 12.1. The highest BCUT2D eigenvalue weighted by Gasteiger charge is 2.52. The van der Waals surface area contributed by atoms with Crippen molar-refractivity contribution < 1.29 is 19.4 Å². The van der Waals surface area contributed by atoms with Crippen LogP contribution in [-0.2, 0) is 9.59 Å². The SMILES string of the molecule is CC(COc1ccccc1)(NC(=O)C1CC1C1CC1)C(=O)O.